The van der Waals surface area contributed by atoms with E-state index in [1.54, 1.807) is 0 Å². The topological polar surface area (TPSA) is 118 Å². The Balaban J connectivity index is 1.41. The standard InChI is InChI=1S/C26H26N2O6/c1-15(2)22(13-23(29)30)27-25(31)24-21(11-12-33-24)28-26(32)34-14-20-18-9-5-3-7-16(18)17-8-4-6-10-19(17)20/h3-12,15,20,22H,13-14H2,1-2H3,(H,27,31)(H,28,32)(H,29,30)/t22-/m0/s1. The van der Waals surface area contributed by atoms with Gasteiger partial charge in [0.15, 0.2) is 0 Å². The van der Waals surface area contributed by atoms with Crippen molar-refractivity contribution in [2.24, 2.45) is 5.92 Å². The second kappa shape index (κ2) is 9.82. The fourth-order valence-electron chi connectivity index (χ4n) is 4.20. The van der Waals surface area contributed by atoms with Crippen LogP contribution in [-0.2, 0) is 9.53 Å². The lowest BCUT2D eigenvalue weighted by molar-refractivity contribution is -0.137. The van der Waals surface area contributed by atoms with Crippen LogP contribution < -0.4 is 10.6 Å². The van der Waals surface area contributed by atoms with Crippen molar-refractivity contribution >= 4 is 23.7 Å². The minimum Gasteiger partial charge on any atom is -0.481 e. The zero-order valence-electron chi connectivity index (χ0n) is 18.9. The first-order valence-electron chi connectivity index (χ1n) is 11.1. The van der Waals surface area contributed by atoms with E-state index in [4.69, 9.17) is 14.3 Å². The van der Waals surface area contributed by atoms with E-state index in [0.717, 1.165) is 22.3 Å². The highest BCUT2D eigenvalue weighted by atomic mass is 16.5. The van der Waals surface area contributed by atoms with E-state index >= 15 is 0 Å². The molecule has 8 nitrogen and oxygen atoms in total. The summed E-state index contributed by atoms with van der Waals surface area (Å²) in [5.41, 5.74) is 4.59. The van der Waals surface area contributed by atoms with Gasteiger partial charge in [0.05, 0.1) is 18.4 Å². The van der Waals surface area contributed by atoms with Crippen molar-refractivity contribution in [3.8, 4) is 11.1 Å². The number of nitrogens with one attached hydrogen (secondary N) is 2. The molecule has 0 radical (unpaired) electrons. The van der Waals surface area contributed by atoms with Gasteiger partial charge in [0, 0.05) is 18.0 Å². The zero-order valence-corrected chi connectivity index (χ0v) is 18.9. The lowest BCUT2D eigenvalue weighted by Gasteiger charge is -2.20. The molecule has 1 atom stereocenters. The Labute approximate surface area is 196 Å². The van der Waals surface area contributed by atoms with Crippen LogP contribution in [0.15, 0.2) is 65.3 Å². The van der Waals surface area contributed by atoms with E-state index in [1.165, 1.54) is 12.3 Å². The van der Waals surface area contributed by atoms with Gasteiger partial charge in [-0.15, -0.1) is 0 Å². The van der Waals surface area contributed by atoms with Crippen molar-refractivity contribution in [3.63, 3.8) is 0 Å². The number of hydrogen-bond donors (Lipinski definition) is 3. The summed E-state index contributed by atoms with van der Waals surface area (Å²) in [4.78, 5) is 36.3. The number of amides is 2. The van der Waals surface area contributed by atoms with Gasteiger partial charge in [-0.2, -0.15) is 0 Å². The number of carbonyl (C=O) groups is 3. The molecule has 1 aliphatic rings. The fraction of sp³-hybridized carbons (Fsp3) is 0.269. The Morgan fingerprint density at radius 2 is 1.62 bits per heavy atom. The number of aliphatic carboxylic acids is 1. The summed E-state index contributed by atoms with van der Waals surface area (Å²) < 4.78 is 10.8. The zero-order chi connectivity index (χ0) is 24.2. The molecule has 1 aromatic heterocycles. The van der Waals surface area contributed by atoms with Crippen LogP contribution in [0.5, 0.6) is 0 Å². The highest BCUT2D eigenvalue weighted by molar-refractivity contribution is 6.00. The highest BCUT2D eigenvalue weighted by Crippen LogP contribution is 2.44. The smallest absolute Gasteiger partial charge is 0.411 e. The van der Waals surface area contributed by atoms with Gasteiger partial charge < -0.3 is 19.6 Å². The van der Waals surface area contributed by atoms with Gasteiger partial charge in [-0.3, -0.25) is 14.9 Å². The summed E-state index contributed by atoms with van der Waals surface area (Å²) in [5, 5.41) is 14.3. The fourth-order valence-corrected chi connectivity index (χ4v) is 4.20. The van der Waals surface area contributed by atoms with E-state index in [1.807, 2.05) is 50.2 Å². The molecule has 0 fully saturated rings. The minimum atomic E-state index is -1.02. The van der Waals surface area contributed by atoms with Crippen LogP contribution >= 0.6 is 0 Å². The summed E-state index contributed by atoms with van der Waals surface area (Å²) in [5.74, 6) is -1.94. The van der Waals surface area contributed by atoms with Crippen LogP contribution in [0.2, 0.25) is 0 Å². The largest absolute Gasteiger partial charge is 0.481 e. The van der Waals surface area contributed by atoms with Gasteiger partial charge in [0.2, 0.25) is 5.76 Å². The molecule has 34 heavy (non-hydrogen) atoms. The van der Waals surface area contributed by atoms with Crippen molar-refractivity contribution in [1.82, 2.24) is 5.32 Å². The number of hydrogen-bond acceptors (Lipinski definition) is 5. The van der Waals surface area contributed by atoms with Crippen molar-refractivity contribution in [1.29, 1.82) is 0 Å². The lowest BCUT2D eigenvalue weighted by Crippen LogP contribution is -2.40. The Hall–Kier alpha value is -4.07. The Bertz CT molecular complexity index is 1170. The summed E-state index contributed by atoms with van der Waals surface area (Å²) in [7, 11) is 0. The number of fused-ring (bicyclic) bond motifs is 3. The maximum absolute atomic E-state index is 12.7. The third kappa shape index (κ3) is 4.80. The Kier molecular flexibility index (Phi) is 6.67. The van der Waals surface area contributed by atoms with Crippen LogP contribution in [-0.4, -0.2) is 35.7 Å². The highest BCUT2D eigenvalue weighted by Gasteiger charge is 2.29. The first-order chi connectivity index (χ1) is 16.3. The first kappa shape index (κ1) is 23.1. The lowest BCUT2D eigenvalue weighted by atomic mass is 9.98. The Morgan fingerprint density at radius 3 is 2.21 bits per heavy atom. The molecule has 0 aliphatic heterocycles. The molecule has 4 rings (SSSR count). The molecule has 176 valence electrons. The molecule has 0 bridgehead atoms. The van der Waals surface area contributed by atoms with Crippen LogP contribution in [0, 0.1) is 5.92 Å². The molecule has 3 N–H and O–H groups in total. The number of ether oxygens (including phenoxy) is 1. The van der Waals surface area contributed by atoms with Crippen molar-refractivity contribution in [3.05, 3.63) is 77.7 Å². The van der Waals surface area contributed by atoms with Crippen LogP contribution in [0.3, 0.4) is 0 Å². The van der Waals surface area contributed by atoms with E-state index in [2.05, 4.69) is 22.8 Å². The normalized spacial score (nSPS) is 13.1. The number of anilines is 1. The predicted octanol–water partition coefficient (Wildman–Crippen LogP) is 4.87. The van der Waals surface area contributed by atoms with Crippen LogP contribution in [0.1, 0.15) is 47.9 Å². The summed E-state index contributed by atoms with van der Waals surface area (Å²) in [6, 6.07) is 16.9. The maximum atomic E-state index is 12.7. The molecule has 0 unspecified atom stereocenters. The molecular formula is C26H26N2O6. The molecule has 0 saturated heterocycles. The third-order valence-corrected chi connectivity index (χ3v) is 5.97. The van der Waals surface area contributed by atoms with E-state index < -0.39 is 24.0 Å². The molecule has 8 heteroatoms. The number of furan rings is 1. The van der Waals surface area contributed by atoms with Crippen molar-refractivity contribution in [2.45, 2.75) is 32.2 Å². The summed E-state index contributed by atoms with van der Waals surface area (Å²) in [6.07, 6.45) is 0.331. The molecule has 3 aromatic rings. The molecule has 2 amide bonds. The quantitative estimate of drug-likeness (QED) is 0.440. The first-order valence-corrected chi connectivity index (χ1v) is 11.1. The van der Waals surface area contributed by atoms with Crippen LogP contribution in [0.25, 0.3) is 11.1 Å². The minimum absolute atomic E-state index is 0.0897. The second-order valence-corrected chi connectivity index (χ2v) is 8.54. The van der Waals surface area contributed by atoms with Gasteiger partial charge in [-0.1, -0.05) is 62.4 Å². The monoisotopic (exact) mass is 462 g/mol. The molecule has 1 heterocycles. The van der Waals surface area contributed by atoms with Crippen molar-refractivity contribution in [2.75, 3.05) is 11.9 Å². The maximum Gasteiger partial charge on any atom is 0.411 e. The Morgan fingerprint density at radius 1 is 1.00 bits per heavy atom. The van der Waals surface area contributed by atoms with E-state index in [0.29, 0.717) is 0 Å². The molecule has 0 saturated carbocycles. The number of carboxylic acids is 1. The number of carbonyl (C=O) groups excluding carboxylic acids is 2. The van der Waals surface area contributed by atoms with Gasteiger partial charge in [0.1, 0.15) is 6.61 Å². The molecule has 2 aromatic carbocycles. The second-order valence-electron chi connectivity index (χ2n) is 8.54. The number of carboxylic acid groups (broad SMARTS) is 1. The molecule has 1 aliphatic carbocycles. The van der Waals surface area contributed by atoms with Gasteiger partial charge in [-0.05, 0) is 28.2 Å². The van der Waals surface area contributed by atoms with Gasteiger partial charge in [-0.25, -0.2) is 4.79 Å². The average molecular weight is 463 g/mol. The predicted molar refractivity (Wildman–Crippen MR) is 126 cm³/mol. The van der Waals surface area contributed by atoms with E-state index in [9.17, 15) is 14.4 Å². The SMILES string of the molecule is CC(C)[C@H](CC(=O)O)NC(=O)c1occc1NC(=O)OCC1c2ccccc2-c2ccccc21. The third-order valence-electron chi connectivity index (χ3n) is 5.97. The van der Waals surface area contributed by atoms with E-state index in [-0.39, 0.29) is 36.3 Å². The van der Waals surface area contributed by atoms with Gasteiger partial charge >= 0.3 is 12.1 Å². The van der Waals surface area contributed by atoms with Crippen LogP contribution in [0.4, 0.5) is 10.5 Å². The summed E-state index contributed by atoms with van der Waals surface area (Å²) in [6.45, 7) is 3.75. The number of rotatable bonds is 8. The summed E-state index contributed by atoms with van der Waals surface area (Å²) >= 11 is 0. The average Bonchev–Trinajstić information content (AvgIpc) is 3.39. The molecule has 0 spiro atoms. The van der Waals surface area contributed by atoms with Crippen molar-refractivity contribution < 1.29 is 28.6 Å². The molecular weight excluding hydrogens is 436 g/mol. The number of benzene rings is 2. The van der Waals surface area contributed by atoms with Gasteiger partial charge in [0.25, 0.3) is 5.91 Å².